The molecule has 26 heavy (non-hydrogen) atoms. The largest absolute Gasteiger partial charge is 0.417 e. The average molecular weight is 384 g/mol. The second kappa shape index (κ2) is 8.01. The monoisotopic (exact) mass is 383 g/mol. The number of benzene rings is 1. The van der Waals surface area contributed by atoms with Gasteiger partial charge < -0.3 is 10.6 Å². The first-order chi connectivity index (χ1) is 12.2. The van der Waals surface area contributed by atoms with Gasteiger partial charge in [0.1, 0.15) is 11.4 Å². The average Bonchev–Trinajstić information content (AvgIpc) is 2.60. The Morgan fingerprint density at radius 3 is 2.42 bits per heavy atom. The maximum Gasteiger partial charge on any atom is 0.417 e. The van der Waals surface area contributed by atoms with Crippen molar-refractivity contribution >= 4 is 29.1 Å². The number of carbonyl (C=O) groups excluding carboxylic acids is 2. The van der Waals surface area contributed by atoms with Crippen LogP contribution in [0.1, 0.15) is 26.5 Å². The van der Waals surface area contributed by atoms with E-state index in [1.165, 1.54) is 30.3 Å². The lowest BCUT2D eigenvalue weighted by molar-refractivity contribution is -0.137. The number of nitrogens with zero attached hydrogens (tertiary/aromatic N) is 1. The van der Waals surface area contributed by atoms with Crippen molar-refractivity contribution in [1.82, 2.24) is 10.3 Å². The number of anilines is 1. The molecule has 1 aromatic heterocycles. The molecule has 9 heteroatoms. The van der Waals surface area contributed by atoms with E-state index in [0.717, 1.165) is 12.1 Å². The molecule has 136 valence electrons. The van der Waals surface area contributed by atoms with Crippen molar-refractivity contribution in [1.29, 1.82) is 0 Å². The minimum atomic E-state index is -4.65. The van der Waals surface area contributed by atoms with Crippen molar-refractivity contribution in [3.8, 4) is 0 Å². The molecule has 0 fully saturated rings. The summed E-state index contributed by atoms with van der Waals surface area (Å²) in [5.74, 6) is -1.27. The summed E-state index contributed by atoms with van der Waals surface area (Å²) in [4.78, 5) is 28.0. The molecule has 2 rings (SSSR count). The highest BCUT2D eigenvalue weighted by Crippen LogP contribution is 2.36. The number of hydrogen-bond acceptors (Lipinski definition) is 3. The SMILES string of the molecule is C=CCNC(=O)c1cccc(C(=O)Nc2ccc(Cl)c(C(F)(F)F)c2)n1. The van der Waals surface area contributed by atoms with E-state index in [1.54, 1.807) is 0 Å². The highest BCUT2D eigenvalue weighted by Gasteiger charge is 2.33. The second-order valence-electron chi connectivity index (χ2n) is 5.05. The maximum atomic E-state index is 12.9. The molecule has 0 spiro atoms. The molecule has 0 aliphatic heterocycles. The molecule has 2 N–H and O–H groups in total. The Morgan fingerprint density at radius 1 is 1.15 bits per heavy atom. The molecule has 2 amide bonds. The van der Waals surface area contributed by atoms with E-state index in [4.69, 9.17) is 11.6 Å². The van der Waals surface area contributed by atoms with Gasteiger partial charge in [-0.15, -0.1) is 6.58 Å². The molecule has 0 aliphatic rings. The van der Waals surface area contributed by atoms with E-state index in [-0.39, 0.29) is 23.6 Å². The van der Waals surface area contributed by atoms with Crippen LogP contribution in [0.3, 0.4) is 0 Å². The van der Waals surface area contributed by atoms with E-state index >= 15 is 0 Å². The lowest BCUT2D eigenvalue weighted by Crippen LogP contribution is -2.25. The lowest BCUT2D eigenvalue weighted by atomic mass is 10.2. The number of aromatic nitrogens is 1. The summed E-state index contributed by atoms with van der Waals surface area (Å²) in [5, 5.41) is 4.33. The molecular weight excluding hydrogens is 371 g/mol. The Labute approximate surface area is 151 Å². The number of alkyl halides is 3. The van der Waals surface area contributed by atoms with Gasteiger partial charge in [-0.1, -0.05) is 23.7 Å². The molecule has 0 aliphatic carbocycles. The van der Waals surface area contributed by atoms with Gasteiger partial charge in [0.05, 0.1) is 10.6 Å². The summed E-state index contributed by atoms with van der Waals surface area (Å²) in [6.07, 6.45) is -3.17. The van der Waals surface area contributed by atoms with E-state index in [9.17, 15) is 22.8 Å². The zero-order valence-electron chi connectivity index (χ0n) is 13.2. The van der Waals surface area contributed by atoms with Gasteiger partial charge in [-0.2, -0.15) is 13.2 Å². The number of nitrogens with one attached hydrogen (secondary N) is 2. The van der Waals surface area contributed by atoms with E-state index in [0.29, 0.717) is 0 Å². The van der Waals surface area contributed by atoms with Crippen molar-refractivity contribution in [2.75, 3.05) is 11.9 Å². The number of rotatable bonds is 5. The third-order valence-corrected chi connectivity index (χ3v) is 3.48. The molecule has 0 unspecified atom stereocenters. The Kier molecular flexibility index (Phi) is 5.99. The third-order valence-electron chi connectivity index (χ3n) is 3.15. The van der Waals surface area contributed by atoms with Crippen LogP contribution in [-0.2, 0) is 6.18 Å². The Hall–Kier alpha value is -2.87. The summed E-state index contributed by atoms with van der Waals surface area (Å²) in [5.41, 5.74) is -1.30. The van der Waals surface area contributed by atoms with Crippen LogP contribution in [-0.4, -0.2) is 23.3 Å². The quantitative estimate of drug-likeness (QED) is 0.769. The van der Waals surface area contributed by atoms with E-state index in [2.05, 4.69) is 22.2 Å². The zero-order chi connectivity index (χ0) is 19.3. The van der Waals surface area contributed by atoms with Gasteiger partial charge in [0, 0.05) is 12.2 Å². The van der Waals surface area contributed by atoms with Crippen molar-refractivity contribution in [3.05, 3.63) is 71.0 Å². The molecule has 0 saturated carbocycles. The lowest BCUT2D eigenvalue weighted by Gasteiger charge is -2.12. The molecule has 0 atom stereocenters. The number of amides is 2. The minimum Gasteiger partial charge on any atom is -0.347 e. The van der Waals surface area contributed by atoms with Gasteiger partial charge in [0.2, 0.25) is 0 Å². The number of carbonyl (C=O) groups is 2. The summed E-state index contributed by atoms with van der Waals surface area (Å²) < 4.78 is 38.6. The van der Waals surface area contributed by atoms with Gasteiger partial charge in [-0.05, 0) is 30.3 Å². The van der Waals surface area contributed by atoms with Crippen LogP contribution >= 0.6 is 11.6 Å². The molecular formula is C17H13ClF3N3O2. The van der Waals surface area contributed by atoms with Crippen LogP contribution in [0.4, 0.5) is 18.9 Å². The molecule has 0 saturated heterocycles. The van der Waals surface area contributed by atoms with E-state index < -0.39 is 28.6 Å². The second-order valence-corrected chi connectivity index (χ2v) is 5.46. The van der Waals surface area contributed by atoms with Gasteiger partial charge in [0.25, 0.3) is 11.8 Å². The molecule has 1 aromatic carbocycles. The number of hydrogen-bond donors (Lipinski definition) is 2. The van der Waals surface area contributed by atoms with Crippen LogP contribution in [0.2, 0.25) is 5.02 Å². The van der Waals surface area contributed by atoms with Crippen LogP contribution in [0.5, 0.6) is 0 Å². The summed E-state index contributed by atoms with van der Waals surface area (Å²) >= 11 is 5.54. The predicted molar refractivity (Wildman–Crippen MR) is 91.2 cm³/mol. The van der Waals surface area contributed by atoms with Crippen molar-refractivity contribution in [2.45, 2.75) is 6.18 Å². The van der Waals surface area contributed by atoms with Gasteiger partial charge in [0.15, 0.2) is 0 Å². The fraction of sp³-hybridized carbons (Fsp3) is 0.118. The van der Waals surface area contributed by atoms with Crippen molar-refractivity contribution < 1.29 is 22.8 Å². The predicted octanol–water partition coefficient (Wildman–Crippen LogP) is 3.92. The van der Waals surface area contributed by atoms with Crippen LogP contribution in [0, 0.1) is 0 Å². The first-order valence-electron chi connectivity index (χ1n) is 7.26. The normalized spacial score (nSPS) is 10.9. The highest BCUT2D eigenvalue weighted by atomic mass is 35.5. The maximum absolute atomic E-state index is 12.9. The Bertz CT molecular complexity index is 853. The smallest absolute Gasteiger partial charge is 0.347 e. The molecule has 0 bridgehead atoms. The first-order valence-corrected chi connectivity index (χ1v) is 7.64. The Morgan fingerprint density at radius 2 is 1.81 bits per heavy atom. The van der Waals surface area contributed by atoms with Crippen molar-refractivity contribution in [3.63, 3.8) is 0 Å². The summed E-state index contributed by atoms with van der Waals surface area (Å²) in [7, 11) is 0. The fourth-order valence-electron chi connectivity index (χ4n) is 1.96. The summed E-state index contributed by atoms with van der Waals surface area (Å²) in [6.45, 7) is 3.68. The fourth-order valence-corrected chi connectivity index (χ4v) is 2.18. The minimum absolute atomic E-state index is 0.00779. The van der Waals surface area contributed by atoms with Crippen LogP contribution < -0.4 is 10.6 Å². The van der Waals surface area contributed by atoms with Gasteiger partial charge >= 0.3 is 6.18 Å². The van der Waals surface area contributed by atoms with Crippen LogP contribution in [0.15, 0.2) is 49.1 Å². The van der Waals surface area contributed by atoms with Crippen LogP contribution in [0.25, 0.3) is 0 Å². The zero-order valence-corrected chi connectivity index (χ0v) is 14.0. The molecule has 1 heterocycles. The highest BCUT2D eigenvalue weighted by molar-refractivity contribution is 6.31. The third kappa shape index (κ3) is 4.82. The standard InChI is InChI=1S/C17H13ClF3N3O2/c1-2-8-22-15(25)13-4-3-5-14(24-13)16(26)23-10-6-7-12(18)11(9-10)17(19,20)21/h2-7,9H,1,8H2,(H,22,25)(H,23,26). The molecule has 2 aromatic rings. The number of pyridine rings is 1. The molecule has 0 radical (unpaired) electrons. The Balaban J connectivity index is 2.20. The first kappa shape index (κ1) is 19.5. The van der Waals surface area contributed by atoms with Gasteiger partial charge in [-0.25, -0.2) is 4.98 Å². The van der Waals surface area contributed by atoms with Gasteiger partial charge in [-0.3, -0.25) is 9.59 Å². The number of halogens is 4. The summed E-state index contributed by atoms with van der Waals surface area (Å²) in [6, 6.07) is 7.16. The molecule has 5 nitrogen and oxygen atoms in total. The van der Waals surface area contributed by atoms with Crippen molar-refractivity contribution in [2.24, 2.45) is 0 Å². The van der Waals surface area contributed by atoms with E-state index in [1.807, 2.05) is 0 Å². The topological polar surface area (TPSA) is 71.1 Å².